The Balaban J connectivity index is 2.62. The monoisotopic (exact) mass is 278 g/mol. The predicted molar refractivity (Wildman–Crippen MR) is 76.4 cm³/mol. The van der Waals surface area contributed by atoms with Crippen LogP contribution in [0, 0.1) is 18.8 Å². The lowest BCUT2D eigenvalue weighted by Gasteiger charge is -2.18. The number of aliphatic carboxylic acids is 1. The summed E-state index contributed by atoms with van der Waals surface area (Å²) in [5, 5.41) is 9.17. The first-order chi connectivity index (χ1) is 9.45. The molecule has 2 atom stereocenters. The molecule has 20 heavy (non-hydrogen) atoms. The van der Waals surface area contributed by atoms with Crippen LogP contribution >= 0.6 is 0 Å². The molecule has 0 bridgehead atoms. The minimum atomic E-state index is -1.11. The van der Waals surface area contributed by atoms with E-state index in [1.165, 1.54) is 5.56 Å². The van der Waals surface area contributed by atoms with E-state index in [1.807, 2.05) is 31.2 Å². The fourth-order valence-electron chi connectivity index (χ4n) is 2.12. The van der Waals surface area contributed by atoms with Crippen molar-refractivity contribution in [1.29, 1.82) is 0 Å². The Morgan fingerprint density at radius 2 is 1.85 bits per heavy atom. The highest BCUT2D eigenvalue weighted by molar-refractivity contribution is 5.94. The van der Waals surface area contributed by atoms with Crippen LogP contribution in [-0.2, 0) is 20.7 Å². The molecule has 0 aliphatic carbocycles. The van der Waals surface area contributed by atoms with Gasteiger partial charge in [-0.25, -0.2) is 0 Å². The van der Waals surface area contributed by atoms with Gasteiger partial charge in [-0.1, -0.05) is 36.8 Å². The Bertz CT molecular complexity index is 450. The Morgan fingerprint density at radius 1 is 1.25 bits per heavy atom. The highest BCUT2D eigenvalue weighted by atomic mass is 16.5. The summed E-state index contributed by atoms with van der Waals surface area (Å²) in [4.78, 5) is 22.9. The Labute approximate surface area is 119 Å². The number of esters is 1. The average molecular weight is 278 g/mol. The van der Waals surface area contributed by atoms with E-state index in [0.717, 1.165) is 12.0 Å². The zero-order valence-electron chi connectivity index (χ0n) is 12.3. The number of ether oxygens (including phenoxy) is 1. The Morgan fingerprint density at radius 3 is 2.35 bits per heavy atom. The van der Waals surface area contributed by atoms with Crippen LogP contribution in [0.3, 0.4) is 0 Å². The zero-order valence-corrected chi connectivity index (χ0v) is 12.3. The molecule has 1 rings (SSSR count). The van der Waals surface area contributed by atoms with Gasteiger partial charge >= 0.3 is 11.9 Å². The van der Waals surface area contributed by atoms with Crippen molar-refractivity contribution in [2.75, 3.05) is 6.61 Å². The summed E-state index contributed by atoms with van der Waals surface area (Å²) < 4.78 is 4.83. The van der Waals surface area contributed by atoms with Crippen LogP contribution in [0.5, 0.6) is 0 Å². The second-order valence-corrected chi connectivity index (χ2v) is 5.07. The van der Waals surface area contributed by atoms with E-state index in [0.29, 0.717) is 6.42 Å². The van der Waals surface area contributed by atoms with E-state index in [1.54, 1.807) is 13.8 Å². The average Bonchev–Trinajstić information content (AvgIpc) is 2.38. The molecule has 110 valence electrons. The summed E-state index contributed by atoms with van der Waals surface area (Å²) in [5.41, 5.74) is 2.34. The molecule has 0 amide bonds. The van der Waals surface area contributed by atoms with Gasteiger partial charge < -0.3 is 9.84 Å². The van der Waals surface area contributed by atoms with Gasteiger partial charge in [-0.3, -0.25) is 9.59 Å². The van der Waals surface area contributed by atoms with Gasteiger partial charge in [-0.05, 0) is 38.2 Å². The van der Waals surface area contributed by atoms with Crippen molar-refractivity contribution < 1.29 is 19.4 Å². The quantitative estimate of drug-likeness (QED) is 0.615. The van der Waals surface area contributed by atoms with Crippen molar-refractivity contribution in [3.05, 3.63) is 35.4 Å². The molecule has 0 saturated carbocycles. The van der Waals surface area contributed by atoms with Crippen molar-refractivity contribution >= 4 is 11.9 Å². The summed E-state index contributed by atoms with van der Waals surface area (Å²) in [6.45, 7) is 5.68. The van der Waals surface area contributed by atoms with Gasteiger partial charge in [0, 0.05) is 0 Å². The first kappa shape index (κ1) is 16.2. The van der Waals surface area contributed by atoms with E-state index in [9.17, 15) is 14.7 Å². The lowest BCUT2D eigenvalue weighted by molar-refractivity contribution is -0.160. The van der Waals surface area contributed by atoms with Gasteiger partial charge in [-0.2, -0.15) is 0 Å². The van der Waals surface area contributed by atoms with Gasteiger partial charge in [0.25, 0.3) is 0 Å². The van der Waals surface area contributed by atoms with Gasteiger partial charge in [0.15, 0.2) is 5.92 Å². The van der Waals surface area contributed by atoms with E-state index in [-0.39, 0.29) is 12.5 Å². The van der Waals surface area contributed by atoms with Crippen LogP contribution < -0.4 is 0 Å². The molecule has 0 aromatic heterocycles. The zero-order chi connectivity index (χ0) is 15.1. The summed E-state index contributed by atoms with van der Waals surface area (Å²) in [7, 11) is 0. The second-order valence-electron chi connectivity index (χ2n) is 5.07. The molecule has 0 radical (unpaired) electrons. The van der Waals surface area contributed by atoms with Crippen molar-refractivity contribution in [3.8, 4) is 0 Å². The molecule has 0 aliphatic heterocycles. The fraction of sp³-hybridized carbons (Fsp3) is 0.500. The minimum absolute atomic E-state index is 0.202. The molecular formula is C16H22O4. The van der Waals surface area contributed by atoms with Crippen molar-refractivity contribution in [2.24, 2.45) is 11.8 Å². The fourth-order valence-corrected chi connectivity index (χ4v) is 2.12. The molecule has 1 aromatic rings. The Hall–Kier alpha value is -1.84. The maximum absolute atomic E-state index is 11.7. The summed E-state index contributed by atoms with van der Waals surface area (Å²) in [6, 6.07) is 8.12. The number of rotatable bonds is 7. The third kappa shape index (κ3) is 4.68. The van der Waals surface area contributed by atoms with Crippen molar-refractivity contribution in [1.82, 2.24) is 0 Å². The van der Waals surface area contributed by atoms with Crippen molar-refractivity contribution in [3.63, 3.8) is 0 Å². The van der Waals surface area contributed by atoms with Crippen LogP contribution in [0.1, 0.15) is 31.4 Å². The number of carboxylic acid groups (broad SMARTS) is 1. The topological polar surface area (TPSA) is 63.6 Å². The number of aryl methyl sites for hydroxylation is 2. The van der Waals surface area contributed by atoms with E-state index < -0.39 is 17.9 Å². The van der Waals surface area contributed by atoms with Gasteiger partial charge in [0.1, 0.15) is 0 Å². The summed E-state index contributed by atoms with van der Waals surface area (Å²) in [5.74, 6) is -3.09. The largest absolute Gasteiger partial charge is 0.481 e. The van der Waals surface area contributed by atoms with Crippen LogP contribution in [-0.4, -0.2) is 23.7 Å². The highest BCUT2D eigenvalue weighted by Crippen LogP contribution is 2.20. The summed E-state index contributed by atoms with van der Waals surface area (Å²) in [6.07, 6.45) is 1.39. The minimum Gasteiger partial charge on any atom is -0.481 e. The van der Waals surface area contributed by atoms with E-state index in [2.05, 4.69) is 0 Å². The molecule has 4 nitrogen and oxygen atoms in total. The number of benzene rings is 1. The maximum Gasteiger partial charge on any atom is 0.320 e. The lowest BCUT2D eigenvalue weighted by Crippen LogP contribution is -2.32. The maximum atomic E-state index is 11.7. The van der Waals surface area contributed by atoms with E-state index in [4.69, 9.17) is 4.74 Å². The Kier molecular flexibility index (Phi) is 6.22. The number of carbonyl (C=O) groups excluding carboxylic acids is 1. The number of hydrogen-bond acceptors (Lipinski definition) is 3. The standard InChI is InChI=1S/C16H22O4/c1-4-20-16(19)14(15(17)18)12(3)7-10-13-8-5-11(2)6-9-13/h5-6,8-9,12,14H,4,7,10H2,1-3H3,(H,17,18). The normalized spacial score (nSPS) is 13.6. The molecule has 2 unspecified atom stereocenters. The molecule has 0 heterocycles. The number of hydrogen-bond donors (Lipinski definition) is 1. The number of carboxylic acids is 1. The third-order valence-electron chi connectivity index (χ3n) is 3.38. The van der Waals surface area contributed by atoms with Crippen LogP contribution in [0.15, 0.2) is 24.3 Å². The van der Waals surface area contributed by atoms with Crippen LogP contribution in [0.25, 0.3) is 0 Å². The SMILES string of the molecule is CCOC(=O)C(C(=O)O)C(C)CCc1ccc(C)cc1. The first-order valence-corrected chi connectivity index (χ1v) is 6.90. The highest BCUT2D eigenvalue weighted by Gasteiger charge is 2.33. The molecule has 0 saturated heterocycles. The predicted octanol–water partition coefficient (Wildman–Crippen LogP) is 2.83. The van der Waals surface area contributed by atoms with Crippen molar-refractivity contribution in [2.45, 2.75) is 33.6 Å². The van der Waals surface area contributed by atoms with Crippen LogP contribution in [0.2, 0.25) is 0 Å². The summed E-state index contributed by atoms with van der Waals surface area (Å²) >= 11 is 0. The molecule has 0 fully saturated rings. The van der Waals surface area contributed by atoms with E-state index >= 15 is 0 Å². The van der Waals surface area contributed by atoms with Gasteiger partial charge in [-0.15, -0.1) is 0 Å². The molecule has 1 N–H and O–H groups in total. The smallest absolute Gasteiger partial charge is 0.320 e. The first-order valence-electron chi connectivity index (χ1n) is 6.90. The van der Waals surface area contributed by atoms with Crippen LogP contribution in [0.4, 0.5) is 0 Å². The third-order valence-corrected chi connectivity index (χ3v) is 3.38. The lowest BCUT2D eigenvalue weighted by atomic mass is 9.88. The molecule has 0 spiro atoms. The molecular weight excluding hydrogens is 256 g/mol. The van der Waals surface area contributed by atoms with Gasteiger partial charge in [0.05, 0.1) is 6.61 Å². The second kappa shape index (κ2) is 7.68. The molecule has 4 heteroatoms. The number of carbonyl (C=O) groups is 2. The van der Waals surface area contributed by atoms with Gasteiger partial charge in [0.2, 0.25) is 0 Å². The molecule has 0 aliphatic rings. The molecule has 1 aromatic carbocycles.